The maximum atomic E-state index is 11.8. The highest BCUT2D eigenvalue weighted by Gasteiger charge is 2.16. The number of aryl methyl sites for hydroxylation is 2. The molecule has 1 aromatic rings. The van der Waals surface area contributed by atoms with E-state index in [0.717, 1.165) is 17.8 Å². The van der Waals surface area contributed by atoms with Crippen molar-refractivity contribution in [1.82, 2.24) is 15.5 Å². The molecule has 1 amide bonds. The second kappa shape index (κ2) is 4.77. The largest absolute Gasteiger partial charge is 0.349 e. The molecule has 15 heavy (non-hydrogen) atoms. The number of aromatic nitrogens is 2. The second-order valence-electron chi connectivity index (χ2n) is 3.71. The molecule has 0 saturated heterocycles. The molecular formula is C11H17N3O. The molecule has 0 aliphatic rings. The van der Waals surface area contributed by atoms with Crippen LogP contribution in [-0.2, 0) is 0 Å². The molecule has 1 atom stereocenters. The van der Waals surface area contributed by atoms with Crippen LogP contribution in [0, 0.1) is 13.8 Å². The van der Waals surface area contributed by atoms with Crippen molar-refractivity contribution in [3.63, 3.8) is 0 Å². The Hall–Kier alpha value is -1.58. The van der Waals surface area contributed by atoms with E-state index in [9.17, 15) is 4.79 Å². The molecule has 0 spiro atoms. The Bertz CT molecular complexity index is 348. The van der Waals surface area contributed by atoms with Crippen LogP contribution in [0.1, 0.15) is 35.1 Å². The molecule has 0 bridgehead atoms. The van der Waals surface area contributed by atoms with Gasteiger partial charge in [-0.05, 0) is 27.2 Å². The molecule has 4 nitrogen and oxygen atoms in total. The van der Waals surface area contributed by atoms with E-state index in [4.69, 9.17) is 0 Å². The minimum Gasteiger partial charge on any atom is -0.349 e. The van der Waals surface area contributed by atoms with E-state index >= 15 is 0 Å². The van der Waals surface area contributed by atoms with E-state index in [1.807, 2.05) is 20.8 Å². The molecule has 0 saturated carbocycles. The van der Waals surface area contributed by atoms with Crippen molar-refractivity contribution in [1.29, 1.82) is 0 Å². The zero-order valence-electron chi connectivity index (χ0n) is 9.42. The van der Waals surface area contributed by atoms with E-state index in [-0.39, 0.29) is 11.9 Å². The van der Waals surface area contributed by atoms with Crippen LogP contribution in [0.2, 0.25) is 0 Å². The third-order valence-corrected chi connectivity index (χ3v) is 2.25. The van der Waals surface area contributed by atoms with Crippen molar-refractivity contribution in [2.75, 3.05) is 0 Å². The first-order valence-corrected chi connectivity index (χ1v) is 4.99. The Balaban J connectivity index is 2.73. The number of hydrogen-bond donors (Lipinski definition) is 2. The maximum Gasteiger partial charge on any atom is 0.255 e. The van der Waals surface area contributed by atoms with Gasteiger partial charge in [-0.3, -0.25) is 9.89 Å². The zero-order valence-corrected chi connectivity index (χ0v) is 9.42. The molecule has 0 radical (unpaired) electrons. The van der Waals surface area contributed by atoms with E-state index in [1.54, 1.807) is 6.08 Å². The predicted octanol–water partition coefficient (Wildman–Crippen LogP) is 1.72. The Morgan fingerprint density at radius 1 is 1.67 bits per heavy atom. The molecule has 82 valence electrons. The number of rotatable bonds is 4. The monoisotopic (exact) mass is 207 g/mol. The van der Waals surface area contributed by atoms with E-state index in [0.29, 0.717) is 5.56 Å². The lowest BCUT2D eigenvalue weighted by atomic mass is 10.1. The maximum absolute atomic E-state index is 11.8. The van der Waals surface area contributed by atoms with Crippen LogP contribution >= 0.6 is 0 Å². The fourth-order valence-electron chi connectivity index (χ4n) is 1.49. The van der Waals surface area contributed by atoms with Gasteiger partial charge in [-0.2, -0.15) is 5.10 Å². The predicted molar refractivity (Wildman–Crippen MR) is 59.8 cm³/mol. The number of H-pyrrole nitrogens is 1. The second-order valence-corrected chi connectivity index (χ2v) is 3.71. The van der Waals surface area contributed by atoms with Gasteiger partial charge in [0.15, 0.2) is 0 Å². The summed E-state index contributed by atoms with van der Waals surface area (Å²) in [5.41, 5.74) is 2.18. The van der Waals surface area contributed by atoms with Crippen LogP contribution in [-0.4, -0.2) is 22.1 Å². The fraction of sp³-hybridized carbons (Fsp3) is 0.455. The van der Waals surface area contributed by atoms with Crippen molar-refractivity contribution in [3.8, 4) is 0 Å². The van der Waals surface area contributed by atoms with E-state index in [1.165, 1.54) is 0 Å². The first kappa shape index (κ1) is 11.5. The smallest absolute Gasteiger partial charge is 0.255 e. The summed E-state index contributed by atoms with van der Waals surface area (Å²) < 4.78 is 0. The molecule has 0 fully saturated rings. The Kier molecular flexibility index (Phi) is 3.66. The van der Waals surface area contributed by atoms with Gasteiger partial charge in [-0.15, -0.1) is 6.58 Å². The number of carbonyl (C=O) groups excluding carboxylic acids is 1. The molecule has 1 aromatic heterocycles. The van der Waals surface area contributed by atoms with Gasteiger partial charge in [-0.25, -0.2) is 0 Å². The van der Waals surface area contributed by atoms with Crippen molar-refractivity contribution in [2.24, 2.45) is 0 Å². The first-order valence-electron chi connectivity index (χ1n) is 4.99. The standard InChI is InChI=1S/C11H17N3O/c1-5-6-7(2)12-11(15)10-8(3)13-14-9(10)4/h5,7H,1,6H2,2-4H3,(H,12,15)(H,13,14). The Morgan fingerprint density at radius 3 is 2.80 bits per heavy atom. The Labute approximate surface area is 89.8 Å². The Morgan fingerprint density at radius 2 is 2.33 bits per heavy atom. The van der Waals surface area contributed by atoms with Crippen molar-refractivity contribution < 1.29 is 4.79 Å². The SMILES string of the molecule is C=CCC(C)NC(=O)c1c(C)n[nH]c1C. The summed E-state index contributed by atoms with van der Waals surface area (Å²) in [5, 5.41) is 9.67. The average Bonchev–Trinajstić information content (AvgIpc) is 2.46. The molecule has 1 unspecified atom stereocenters. The number of amides is 1. The van der Waals surface area contributed by atoms with Crippen LogP contribution in [0.25, 0.3) is 0 Å². The van der Waals surface area contributed by atoms with Gasteiger partial charge >= 0.3 is 0 Å². The van der Waals surface area contributed by atoms with Crippen LogP contribution in [0.5, 0.6) is 0 Å². The molecular weight excluding hydrogens is 190 g/mol. The number of nitrogens with zero attached hydrogens (tertiary/aromatic N) is 1. The van der Waals surface area contributed by atoms with Gasteiger partial charge in [-0.1, -0.05) is 6.08 Å². The highest BCUT2D eigenvalue weighted by atomic mass is 16.1. The molecule has 0 aliphatic heterocycles. The summed E-state index contributed by atoms with van der Waals surface area (Å²) in [5.74, 6) is -0.0758. The topological polar surface area (TPSA) is 57.8 Å². The number of hydrogen-bond acceptors (Lipinski definition) is 2. The van der Waals surface area contributed by atoms with Gasteiger partial charge in [0, 0.05) is 11.7 Å². The fourth-order valence-corrected chi connectivity index (χ4v) is 1.49. The molecule has 0 aliphatic carbocycles. The molecule has 2 N–H and O–H groups in total. The van der Waals surface area contributed by atoms with Gasteiger partial charge in [0.2, 0.25) is 0 Å². The lowest BCUT2D eigenvalue weighted by Gasteiger charge is -2.11. The van der Waals surface area contributed by atoms with Gasteiger partial charge in [0.1, 0.15) is 0 Å². The lowest BCUT2D eigenvalue weighted by molar-refractivity contribution is 0.0939. The highest BCUT2D eigenvalue weighted by molar-refractivity contribution is 5.96. The van der Waals surface area contributed by atoms with Crippen molar-refractivity contribution in [3.05, 3.63) is 29.6 Å². The molecule has 4 heteroatoms. The summed E-state index contributed by atoms with van der Waals surface area (Å²) in [6.45, 7) is 9.24. The minimum atomic E-state index is -0.0758. The van der Waals surface area contributed by atoms with E-state index in [2.05, 4.69) is 22.1 Å². The number of carbonyl (C=O) groups is 1. The summed E-state index contributed by atoms with van der Waals surface area (Å²) in [6.07, 6.45) is 2.56. The summed E-state index contributed by atoms with van der Waals surface area (Å²) in [4.78, 5) is 11.8. The zero-order chi connectivity index (χ0) is 11.4. The van der Waals surface area contributed by atoms with Crippen LogP contribution in [0.15, 0.2) is 12.7 Å². The molecule has 0 aromatic carbocycles. The highest BCUT2D eigenvalue weighted by Crippen LogP contribution is 2.09. The molecule has 1 heterocycles. The van der Waals surface area contributed by atoms with E-state index < -0.39 is 0 Å². The average molecular weight is 207 g/mol. The summed E-state index contributed by atoms with van der Waals surface area (Å²) in [6, 6.07) is 0.101. The lowest BCUT2D eigenvalue weighted by Crippen LogP contribution is -2.32. The van der Waals surface area contributed by atoms with Crippen molar-refractivity contribution in [2.45, 2.75) is 33.2 Å². The number of nitrogens with one attached hydrogen (secondary N) is 2. The normalized spacial score (nSPS) is 12.2. The molecule has 1 rings (SSSR count). The van der Waals surface area contributed by atoms with Crippen molar-refractivity contribution >= 4 is 5.91 Å². The third kappa shape index (κ3) is 2.68. The van der Waals surface area contributed by atoms with Crippen LogP contribution in [0.4, 0.5) is 0 Å². The number of aromatic amines is 1. The summed E-state index contributed by atoms with van der Waals surface area (Å²) in [7, 11) is 0. The van der Waals surface area contributed by atoms with Crippen LogP contribution < -0.4 is 5.32 Å². The third-order valence-electron chi connectivity index (χ3n) is 2.25. The van der Waals surface area contributed by atoms with Crippen LogP contribution in [0.3, 0.4) is 0 Å². The van der Waals surface area contributed by atoms with Gasteiger partial charge in [0.25, 0.3) is 5.91 Å². The van der Waals surface area contributed by atoms with Gasteiger partial charge in [0.05, 0.1) is 11.3 Å². The quantitative estimate of drug-likeness (QED) is 0.738. The first-order chi connectivity index (χ1) is 7.06. The minimum absolute atomic E-state index is 0.0758. The van der Waals surface area contributed by atoms with Gasteiger partial charge < -0.3 is 5.32 Å². The summed E-state index contributed by atoms with van der Waals surface area (Å²) >= 11 is 0.